The van der Waals surface area contributed by atoms with Gasteiger partial charge in [-0.15, -0.1) is 5.10 Å². The maximum absolute atomic E-state index is 11.9. The molecular formula is C16H22N6O. The van der Waals surface area contributed by atoms with Crippen molar-refractivity contribution < 1.29 is 4.79 Å². The third-order valence-corrected chi connectivity index (χ3v) is 4.58. The number of nitrogens with one attached hydrogen (secondary N) is 2. The Morgan fingerprint density at radius 1 is 1.35 bits per heavy atom. The molecule has 1 aliphatic carbocycles. The number of rotatable bonds is 3. The van der Waals surface area contributed by atoms with Crippen LogP contribution in [0.2, 0.25) is 0 Å². The van der Waals surface area contributed by atoms with E-state index in [2.05, 4.69) is 45.5 Å². The van der Waals surface area contributed by atoms with Crippen LogP contribution in [0.3, 0.4) is 0 Å². The van der Waals surface area contributed by atoms with Crippen molar-refractivity contribution in [2.24, 2.45) is 5.92 Å². The average molecular weight is 314 g/mol. The van der Waals surface area contributed by atoms with Gasteiger partial charge in [0, 0.05) is 31.1 Å². The van der Waals surface area contributed by atoms with Gasteiger partial charge in [0.25, 0.3) is 0 Å². The SMILES string of the molecule is CC1CN(c2cccc3nc(NC(=O)C4CC4)nn23)C(C)CN1. The van der Waals surface area contributed by atoms with Crippen molar-refractivity contribution in [3.63, 3.8) is 0 Å². The first-order valence-electron chi connectivity index (χ1n) is 8.28. The van der Waals surface area contributed by atoms with Crippen molar-refractivity contribution in [1.82, 2.24) is 19.9 Å². The van der Waals surface area contributed by atoms with Crippen LogP contribution in [0.4, 0.5) is 11.8 Å². The number of pyridine rings is 1. The number of amides is 1. The lowest BCUT2D eigenvalue weighted by molar-refractivity contribution is -0.117. The number of anilines is 2. The van der Waals surface area contributed by atoms with Gasteiger partial charge in [-0.3, -0.25) is 10.1 Å². The number of hydrogen-bond donors (Lipinski definition) is 2. The number of nitrogens with zero attached hydrogens (tertiary/aromatic N) is 4. The summed E-state index contributed by atoms with van der Waals surface area (Å²) < 4.78 is 1.83. The van der Waals surface area contributed by atoms with Gasteiger partial charge in [0.05, 0.1) is 0 Å². The molecule has 0 radical (unpaired) electrons. The molecule has 7 heteroatoms. The largest absolute Gasteiger partial charge is 0.351 e. The number of fused-ring (bicyclic) bond motifs is 1. The summed E-state index contributed by atoms with van der Waals surface area (Å²) in [6.07, 6.45) is 1.95. The molecule has 1 saturated carbocycles. The zero-order chi connectivity index (χ0) is 16.0. The molecule has 1 saturated heterocycles. The minimum atomic E-state index is 0.0339. The molecule has 0 aromatic carbocycles. The van der Waals surface area contributed by atoms with Crippen LogP contribution in [0.5, 0.6) is 0 Å². The molecular weight excluding hydrogens is 292 g/mol. The van der Waals surface area contributed by atoms with Gasteiger partial charge in [-0.1, -0.05) is 6.07 Å². The smallest absolute Gasteiger partial charge is 0.249 e. The highest BCUT2D eigenvalue weighted by atomic mass is 16.2. The van der Waals surface area contributed by atoms with E-state index in [0.29, 0.717) is 18.0 Å². The van der Waals surface area contributed by atoms with Crippen molar-refractivity contribution in [3.8, 4) is 0 Å². The molecule has 2 atom stereocenters. The molecule has 2 aliphatic rings. The molecule has 2 aromatic heterocycles. The van der Waals surface area contributed by atoms with Gasteiger partial charge >= 0.3 is 0 Å². The molecule has 0 bridgehead atoms. The lowest BCUT2D eigenvalue weighted by atomic mass is 10.1. The zero-order valence-corrected chi connectivity index (χ0v) is 13.5. The third-order valence-electron chi connectivity index (χ3n) is 4.58. The van der Waals surface area contributed by atoms with E-state index in [1.165, 1.54) is 0 Å². The summed E-state index contributed by atoms with van der Waals surface area (Å²) in [5.41, 5.74) is 0.756. The zero-order valence-electron chi connectivity index (χ0n) is 13.5. The molecule has 1 aliphatic heterocycles. The van der Waals surface area contributed by atoms with Gasteiger partial charge in [-0.25, -0.2) is 0 Å². The normalized spacial score (nSPS) is 24.9. The quantitative estimate of drug-likeness (QED) is 0.892. The topological polar surface area (TPSA) is 74.6 Å². The van der Waals surface area contributed by atoms with Gasteiger partial charge in [0.1, 0.15) is 5.82 Å². The van der Waals surface area contributed by atoms with Gasteiger partial charge in [-0.2, -0.15) is 9.50 Å². The Morgan fingerprint density at radius 3 is 2.96 bits per heavy atom. The monoisotopic (exact) mass is 314 g/mol. The molecule has 3 heterocycles. The van der Waals surface area contributed by atoms with Gasteiger partial charge in [-0.05, 0) is 38.8 Å². The Kier molecular flexibility index (Phi) is 3.45. The average Bonchev–Trinajstić information content (AvgIpc) is 3.30. The Labute approximate surface area is 135 Å². The molecule has 2 fully saturated rings. The lowest BCUT2D eigenvalue weighted by Crippen LogP contribution is -2.55. The van der Waals surface area contributed by atoms with Gasteiger partial charge < -0.3 is 10.2 Å². The summed E-state index contributed by atoms with van der Waals surface area (Å²) in [6, 6.07) is 6.78. The first kappa shape index (κ1) is 14.4. The van der Waals surface area contributed by atoms with Crippen molar-refractivity contribution in [2.75, 3.05) is 23.3 Å². The van der Waals surface area contributed by atoms with E-state index in [0.717, 1.165) is 37.4 Å². The molecule has 2 aromatic rings. The van der Waals surface area contributed by atoms with Crippen LogP contribution in [-0.2, 0) is 4.79 Å². The highest BCUT2D eigenvalue weighted by Gasteiger charge is 2.30. The fraction of sp³-hybridized carbons (Fsp3) is 0.562. The summed E-state index contributed by atoms with van der Waals surface area (Å²) in [6.45, 7) is 6.24. The second-order valence-corrected chi connectivity index (χ2v) is 6.66. The maximum atomic E-state index is 11.9. The Bertz CT molecular complexity index is 737. The highest BCUT2D eigenvalue weighted by Crippen LogP contribution is 2.30. The predicted octanol–water partition coefficient (Wildman–Crippen LogP) is 1.26. The van der Waals surface area contributed by atoms with Crippen LogP contribution in [0.15, 0.2) is 18.2 Å². The molecule has 2 unspecified atom stereocenters. The summed E-state index contributed by atoms with van der Waals surface area (Å²) >= 11 is 0. The van der Waals surface area contributed by atoms with E-state index >= 15 is 0 Å². The van der Waals surface area contributed by atoms with E-state index in [-0.39, 0.29) is 11.8 Å². The number of piperazine rings is 1. The molecule has 2 N–H and O–H groups in total. The van der Waals surface area contributed by atoms with Gasteiger partial charge in [0.15, 0.2) is 5.65 Å². The second-order valence-electron chi connectivity index (χ2n) is 6.66. The first-order chi connectivity index (χ1) is 11.1. The van der Waals surface area contributed by atoms with Crippen molar-refractivity contribution >= 4 is 23.3 Å². The highest BCUT2D eigenvalue weighted by molar-refractivity contribution is 5.92. The number of carbonyl (C=O) groups is 1. The molecule has 23 heavy (non-hydrogen) atoms. The van der Waals surface area contributed by atoms with E-state index in [4.69, 9.17) is 0 Å². The predicted molar refractivity (Wildman–Crippen MR) is 88.6 cm³/mol. The van der Waals surface area contributed by atoms with E-state index in [9.17, 15) is 4.79 Å². The van der Waals surface area contributed by atoms with Crippen LogP contribution >= 0.6 is 0 Å². The standard InChI is InChI=1S/C16H22N6O/c1-10-9-21(11(2)8-17-10)14-5-3-4-13-18-16(20-22(13)14)19-15(23)12-6-7-12/h3-5,10-12,17H,6-9H2,1-2H3,(H,19,20,23). The lowest BCUT2D eigenvalue weighted by Gasteiger charge is -2.38. The van der Waals surface area contributed by atoms with Gasteiger partial charge in [0.2, 0.25) is 11.9 Å². The fourth-order valence-corrected chi connectivity index (χ4v) is 3.06. The second kappa shape index (κ2) is 5.49. The molecule has 4 rings (SSSR count). The van der Waals surface area contributed by atoms with Crippen LogP contribution < -0.4 is 15.5 Å². The van der Waals surface area contributed by atoms with Crippen LogP contribution in [0.1, 0.15) is 26.7 Å². The number of carbonyl (C=O) groups excluding carboxylic acids is 1. The van der Waals surface area contributed by atoms with Crippen LogP contribution in [0, 0.1) is 5.92 Å². The van der Waals surface area contributed by atoms with E-state index < -0.39 is 0 Å². The Hall–Kier alpha value is -2.15. The Balaban J connectivity index is 1.66. The molecule has 122 valence electrons. The fourth-order valence-electron chi connectivity index (χ4n) is 3.06. The van der Waals surface area contributed by atoms with Crippen LogP contribution in [-0.4, -0.2) is 45.7 Å². The molecule has 7 nitrogen and oxygen atoms in total. The summed E-state index contributed by atoms with van der Waals surface area (Å²) in [7, 11) is 0. The van der Waals surface area contributed by atoms with Crippen molar-refractivity contribution in [1.29, 1.82) is 0 Å². The summed E-state index contributed by atoms with van der Waals surface area (Å²) in [4.78, 5) is 18.7. The minimum Gasteiger partial charge on any atom is -0.351 e. The summed E-state index contributed by atoms with van der Waals surface area (Å²) in [5.74, 6) is 1.59. The van der Waals surface area contributed by atoms with Crippen molar-refractivity contribution in [3.05, 3.63) is 18.2 Å². The van der Waals surface area contributed by atoms with Crippen molar-refractivity contribution in [2.45, 2.75) is 38.8 Å². The Morgan fingerprint density at radius 2 is 2.17 bits per heavy atom. The maximum Gasteiger partial charge on any atom is 0.249 e. The first-order valence-corrected chi connectivity index (χ1v) is 8.28. The third kappa shape index (κ3) is 2.76. The molecule has 1 amide bonds. The summed E-state index contributed by atoms with van der Waals surface area (Å²) in [5, 5.41) is 10.8. The van der Waals surface area contributed by atoms with Crippen LogP contribution in [0.25, 0.3) is 5.65 Å². The minimum absolute atomic E-state index is 0.0339. The number of hydrogen-bond acceptors (Lipinski definition) is 5. The molecule has 0 spiro atoms. The number of aromatic nitrogens is 3. The van der Waals surface area contributed by atoms with E-state index in [1.54, 1.807) is 0 Å². The van der Waals surface area contributed by atoms with E-state index in [1.807, 2.05) is 16.6 Å².